The van der Waals surface area contributed by atoms with Crippen LogP contribution in [-0.4, -0.2) is 16.5 Å². The van der Waals surface area contributed by atoms with Crippen LogP contribution in [0.5, 0.6) is 0 Å². The van der Waals surface area contributed by atoms with E-state index in [0.717, 1.165) is 29.6 Å². The van der Waals surface area contributed by atoms with E-state index in [1.54, 1.807) is 11.8 Å². The fourth-order valence-corrected chi connectivity index (χ4v) is 2.84. The summed E-state index contributed by atoms with van der Waals surface area (Å²) in [5.41, 5.74) is 3.32. The number of aryl methyl sites for hydroxylation is 2. The first-order valence-electron chi connectivity index (χ1n) is 6.48. The topological polar surface area (TPSA) is 37.8 Å². The first-order chi connectivity index (χ1) is 9.19. The van der Waals surface area contributed by atoms with Gasteiger partial charge in [0.2, 0.25) is 0 Å². The fraction of sp³-hybridized carbons (Fsp3) is 0.333. The highest BCUT2D eigenvalue weighted by atomic mass is 32.2. The second-order valence-electron chi connectivity index (χ2n) is 4.42. The minimum absolute atomic E-state index is 0.821. The molecule has 1 aromatic heterocycles. The zero-order valence-corrected chi connectivity index (χ0v) is 12.4. The van der Waals surface area contributed by atoms with Crippen LogP contribution in [0.1, 0.15) is 23.9 Å². The van der Waals surface area contributed by atoms with E-state index in [2.05, 4.69) is 46.5 Å². The second kappa shape index (κ2) is 6.68. The molecule has 19 heavy (non-hydrogen) atoms. The highest BCUT2D eigenvalue weighted by Gasteiger charge is 2.06. The maximum atomic E-state index is 4.48. The molecule has 0 spiro atoms. The third-order valence-electron chi connectivity index (χ3n) is 2.70. The van der Waals surface area contributed by atoms with Gasteiger partial charge in [-0.15, -0.1) is 0 Å². The Labute approximate surface area is 118 Å². The Balaban J connectivity index is 2.22. The van der Waals surface area contributed by atoms with Crippen LogP contribution in [-0.2, 0) is 6.54 Å². The molecule has 2 aromatic rings. The number of nitrogens with one attached hydrogen (secondary N) is 1. The van der Waals surface area contributed by atoms with Gasteiger partial charge in [0.1, 0.15) is 0 Å². The van der Waals surface area contributed by atoms with Crippen molar-refractivity contribution in [2.75, 3.05) is 6.54 Å². The van der Waals surface area contributed by atoms with Crippen molar-refractivity contribution in [1.29, 1.82) is 0 Å². The predicted octanol–water partition coefficient (Wildman–Crippen LogP) is 3.35. The molecule has 0 saturated heterocycles. The van der Waals surface area contributed by atoms with Gasteiger partial charge in [-0.1, -0.05) is 25.1 Å². The number of rotatable bonds is 5. The van der Waals surface area contributed by atoms with Gasteiger partial charge in [-0.25, -0.2) is 9.97 Å². The van der Waals surface area contributed by atoms with Gasteiger partial charge in [-0.05, 0) is 49.9 Å². The Hall–Kier alpha value is -1.39. The monoisotopic (exact) mass is 273 g/mol. The molecule has 0 fully saturated rings. The molecule has 0 radical (unpaired) electrons. The molecular formula is C15H19N3S. The lowest BCUT2D eigenvalue weighted by molar-refractivity contribution is 0.717. The van der Waals surface area contributed by atoms with Crippen molar-refractivity contribution in [2.45, 2.75) is 37.4 Å². The van der Waals surface area contributed by atoms with Crippen molar-refractivity contribution in [1.82, 2.24) is 15.3 Å². The molecule has 0 aliphatic heterocycles. The van der Waals surface area contributed by atoms with Crippen molar-refractivity contribution in [3.8, 4) is 0 Å². The number of aromatic nitrogens is 2. The van der Waals surface area contributed by atoms with E-state index in [-0.39, 0.29) is 0 Å². The normalized spacial score (nSPS) is 10.7. The Morgan fingerprint density at radius 1 is 1.11 bits per heavy atom. The smallest absolute Gasteiger partial charge is 0.192 e. The van der Waals surface area contributed by atoms with Crippen LogP contribution in [0.2, 0.25) is 0 Å². The summed E-state index contributed by atoms with van der Waals surface area (Å²) in [6.45, 7) is 7.97. The van der Waals surface area contributed by atoms with Crippen LogP contribution in [0.3, 0.4) is 0 Å². The predicted molar refractivity (Wildman–Crippen MR) is 79.5 cm³/mol. The fourth-order valence-electron chi connectivity index (χ4n) is 1.85. The molecule has 0 atom stereocenters. The maximum absolute atomic E-state index is 4.48. The van der Waals surface area contributed by atoms with Gasteiger partial charge in [0, 0.05) is 22.8 Å². The van der Waals surface area contributed by atoms with E-state index in [4.69, 9.17) is 0 Å². The molecule has 0 bridgehead atoms. The van der Waals surface area contributed by atoms with E-state index in [1.807, 2.05) is 19.9 Å². The Morgan fingerprint density at radius 2 is 1.79 bits per heavy atom. The Kier molecular flexibility index (Phi) is 4.93. The van der Waals surface area contributed by atoms with Crippen LogP contribution < -0.4 is 5.32 Å². The lowest BCUT2D eigenvalue weighted by Crippen LogP contribution is -2.12. The minimum atomic E-state index is 0.821. The van der Waals surface area contributed by atoms with Crippen LogP contribution >= 0.6 is 11.8 Å². The average Bonchev–Trinajstić information content (AvgIpc) is 2.36. The van der Waals surface area contributed by atoms with Gasteiger partial charge in [0.15, 0.2) is 5.16 Å². The molecule has 3 nitrogen and oxygen atoms in total. The van der Waals surface area contributed by atoms with E-state index < -0.39 is 0 Å². The summed E-state index contributed by atoms with van der Waals surface area (Å²) in [6, 6.07) is 10.4. The summed E-state index contributed by atoms with van der Waals surface area (Å²) in [6.07, 6.45) is 0. The number of benzene rings is 1. The van der Waals surface area contributed by atoms with Gasteiger partial charge in [0.25, 0.3) is 0 Å². The summed E-state index contributed by atoms with van der Waals surface area (Å²) in [7, 11) is 0. The summed E-state index contributed by atoms with van der Waals surface area (Å²) < 4.78 is 0. The molecule has 1 aromatic carbocycles. The Morgan fingerprint density at radius 3 is 2.47 bits per heavy atom. The van der Waals surface area contributed by atoms with Crippen molar-refractivity contribution in [3.05, 3.63) is 47.3 Å². The largest absolute Gasteiger partial charge is 0.313 e. The molecule has 0 amide bonds. The average molecular weight is 273 g/mol. The molecule has 0 unspecified atom stereocenters. The van der Waals surface area contributed by atoms with E-state index in [0.29, 0.717) is 0 Å². The Bertz CT molecular complexity index is 535. The summed E-state index contributed by atoms with van der Waals surface area (Å²) in [4.78, 5) is 10.2. The standard InChI is InChI=1S/C15H19N3S/c1-4-16-10-13-7-5-6-8-14(13)19-15-17-11(2)9-12(3)18-15/h5-9,16H,4,10H2,1-3H3. The van der Waals surface area contributed by atoms with Crippen LogP contribution in [0, 0.1) is 13.8 Å². The maximum Gasteiger partial charge on any atom is 0.192 e. The van der Waals surface area contributed by atoms with Crippen LogP contribution in [0.4, 0.5) is 0 Å². The highest BCUT2D eigenvalue weighted by molar-refractivity contribution is 7.99. The molecule has 0 aliphatic rings. The second-order valence-corrected chi connectivity index (χ2v) is 5.43. The lowest BCUT2D eigenvalue weighted by Gasteiger charge is -2.09. The van der Waals surface area contributed by atoms with Crippen LogP contribution in [0.15, 0.2) is 40.4 Å². The third-order valence-corrected chi connectivity index (χ3v) is 3.68. The summed E-state index contributed by atoms with van der Waals surface area (Å²) in [5.74, 6) is 0. The minimum Gasteiger partial charge on any atom is -0.313 e. The molecular weight excluding hydrogens is 254 g/mol. The van der Waals surface area contributed by atoms with Gasteiger partial charge in [-0.2, -0.15) is 0 Å². The van der Waals surface area contributed by atoms with Gasteiger partial charge in [-0.3, -0.25) is 0 Å². The molecule has 0 aliphatic carbocycles. The molecule has 1 heterocycles. The number of nitrogens with zero attached hydrogens (tertiary/aromatic N) is 2. The van der Waals surface area contributed by atoms with Crippen molar-refractivity contribution < 1.29 is 0 Å². The van der Waals surface area contributed by atoms with E-state index in [1.165, 1.54) is 10.5 Å². The van der Waals surface area contributed by atoms with Gasteiger partial charge in [0.05, 0.1) is 0 Å². The SMILES string of the molecule is CCNCc1ccccc1Sc1nc(C)cc(C)n1. The molecule has 2 rings (SSSR count). The first-order valence-corrected chi connectivity index (χ1v) is 7.29. The van der Waals surface area contributed by atoms with Crippen LogP contribution in [0.25, 0.3) is 0 Å². The van der Waals surface area contributed by atoms with Gasteiger partial charge < -0.3 is 5.32 Å². The number of hydrogen-bond acceptors (Lipinski definition) is 4. The lowest BCUT2D eigenvalue weighted by atomic mass is 10.2. The molecule has 100 valence electrons. The van der Waals surface area contributed by atoms with E-state index in [9.17, 15) is 0 Å². The first kappa shape index (κ1) is 14.0. The zero-order chi connectivity index (χ0) is 13.7. The van der Waals surface area contributed by atoms with E-state index >= 15 is 0 Å². The molecule has 4 heteroatoms. The molecule has 1 N–H and O–H groups in total. The quantitative estimate of drug-likeness (QED) is 0.848. The van der Waals surface area contributed by atoms with Gasteiger partial charge >= 0.3 is 0 Å². The summed E-state index contributed by atoms with van der Waals surface area (Å²) in [5, 5.41) is 4.18. The number of hydrogen-bond donors (Lipinski definition) is 1. The van der Waals surface area contributed by atoms with Crippen molar-refractivity contribution >= 4 is 11.8 Å². The summed E-state index contributed by atoms with van der Waals surface area (Å²) >= 11 is 1.63. The van der Waals surface area contributed by atoms with Crippen molar-refractivity contribution in [3.63, 3.8) is 0 Å². The third kappa shape index (κ3) is 4.04. The molecule has 0 saturated carbocycles. The zero-order valence-electron chi connectivity index (χ0n) is 11.6. The highest BCUT2D eigenvalue weighted by Crippen LogP contribution is 2.28. The van der Waals surface area contributed by atoms with Crippen molar-refractivity contribution in [2.24, 2.45) is 0 Å².